The molecule has 0 spiro atoms. The Morgan fingerprint density at radius 3 is 2.50 bits per heavy atom. The zero-order valence-corrected chi connectivity index (χ0v) is 9.95. The molecule has 0 aliphatic heterocycles. The summed E-state index contributed by atoms with van der Waals surface area (Å²) in [7, 11) is 3.27. The predicted molar refractivity (Wildman–Crippen MR) is 66.3 cm³/mol. The fourth-order valence-corrected chi connectivity index (χ4v) is 1.45. The fraction of sp³-hybridized carbons (Fsp3) is 0.500. The second-order valence-electron chi connectivity index (χ2n) is 3.49. The first-order chi connectivity index (χ1) is 7.81. The number of ether oxygens (including phenoxy) is 2. The van der Waals surface area contributed by atoms with E-state index in [-0.39, 0.29) is 0 Å². The van der Waals surface area contributed by atoms with Gasteiger partial charge in [0.2, 0.25) is 0 Å². The van der Waals surface area contributed by atoms with Crippen molar-refractivity contribution in [2.45, 2.75) is 12.8 Å². The zero-order valence-electron chi connectivity index (χ0n) is 9.95. The van der Waals surface area contributed by atoms with Crippen LogP contribution in [0, 0.1) is 0 Å². The predicted octanol–water partition coefficient (Wildman–Crippen LogP) is 1.85. The van der Waals surface area contributed by atoms with E-state index in [4.69, 9.17) is 15.2 Å². The lowest BCUT2D eigenvalue weighted by Crippen LogP contribution is -2.05. The summed E-state index contributed by atoms with van der Waals surface area (Å²) >= 11 is 0. The van der Waals surface area contributed by atoms with Crippen LogP contribution in [0.3, 0.4) is 0 Å². The van der Waals surface area contributed by atoms with Crippen molar-refractivity contribution in [2.75, 3.05) is 32.6 Å². The van der Waals surface area contributed by atoms with E-state index in [2.05, 4.69) is 5.32 Å². The van der Waals surface area contributed by atoms with Gasteiger partial charge in [0.1, 0.15) is 0 Å². The van der Waals surface area contributed by atoms with Crippen LogP contribution >= 0.6 is 0 Å². The number of hydrogen-bond donors (Lipinski definition) is 2. The summed E-state index contributed by atoms with van der Waals surface area (Å²) in [4.78, 5) is 0. The third kappa shape index (κ3) is 3.62. The average molecular weight is 224 g/mol. The lowest BCUT2D eigenvalue weighted by atomic mass is 10.2. The van der Waals surface area contributed by atoms with Crippen molar-refractivity contribution in [3.05, 3.63) is 18.2 Å². The molecule has 1 aromatic carbocycles. The van der Waals surface area contributed by atoms with E-state index in [1.54, 1.807) is 14.2 Å². The standard InChI is InChI=1S/C12H20N2O2/c1-15-11-6-5-10(9-12(11)16-2)14-8-4-3-7-13/h5-6,9,14H,3-4,7-8,13H2,1-2H3. The van der Waals surface area contributed by atoms with Crippen LogP contribution in [0.2, 0.25) is 0 Å². The Labute approximate surface area is 96.7 Å². The minimum Gasteiger partial charge on any atom is -0.493 e. The van der Waals surface area contributed by atoms with Crippen molar-refractivity contribution in [1.29, 1.82) is 0 Å². The van der Waals surface area contributed by atoms with Crippen molar-refractivity contribution >= 4 is 5.69 Å². The Balaban J connectivity index is 2.54. The van der Waals surface area contributed by atoms with Gasteiger partial charge in [-0.05, 0) is 31.5 Å². The smallest absolute Gasteiger partial charge is 0.162 e. The number of benzene rings is 1. The van der Waals surface area contributed by atoms with Crippen molar-refractivity contribution in [3.63, 3.8) is 0 Å². The lowest BCUT2D eigenvalue weighted by Gasteiger charge is -2.11. The molecule has 0 atom stereocenters. The summed E-state index contributed by atoms with van der Waals surface area (Å²) in [6, 6.07) is 5.80. The van der Waals surface area contributed by atoms with Crippen molar-refractivity contribution < 1.29 is 9.47 Å². The van der Waals surface area contributed by atoms with Gasteiger partial charge in [0, 0.05) is 18.3 Å². The summed E-state index contributed by atoms with van der Waals surface area (Å²) in [5, 5.41) is 3.31. The van der Waals surface area contributed by atoms with Gasteiger partial charge in [0.15, 0.2) is 11.5 Å². The molecule has 0 unspecified atom stereocenters. The first kappa shape index (κ1) is 12.6. The van der Waals surface area contributed by atoms with Crippen LogP contribution in [0.1, 0.15) is 12.8 Å². The highest BCUT2D eigenvalue weighted by molar-refractivity contribution is 5.54. The van der Waals surface area contributed by atoms with E-state index in [9.17, 15) is 0 Å². The number of methoxy groups -OCH3 is 2. The Morgan fingerprint density at radius 1 is 1.12 bits per heavy atom. The van der Waals surface area contributed by atoms with Crippen LogP contribution in [0.15, 0.2) is 18.2 Å². The lowest BCUT2D eigenvalue weighted by molar-refractivity contribution is 0.355. The van der Waals surface area contributed by atoms with Gasteiger partial charge in [0.05, 0.1) is 14.2 Å². The highest BCUT2D eigenvalue weighted by Gasteiger charge is 2.03. The van der Waals surface area contributed by atoms with Crippen LogP contribution in [-0.4, -0.2) is 27.3 Å². The molecule has 4 nitrogen and oxygen atoms in total. The van der Waals surface area contributed by atoms with Crippen LogP contribution < -0.4 is 20.5 Å². The number of nitrogens with one attached hydrogen (secondary N) is 1. The van der Waals surface area contributed by atoms with Gasteiger partial charge in [0.25, 0.3) is 0 Å². The molecule has 4 heteroatoms. The summed E-state index contributed by atoms with van der Waals surface area (Å²) in [5.74, 6) is 1.49. The molecule has 3 N–H and O–H groups in total. The summed E-state index contributed by atoms with van der Waals surface area (Å²) in [5.41, 5.74) is 6.46. The molecule has 0 saturated heterocycles. The van der Waals surface area contributed by atoms with Gasteiger partial charge in [-0.15, -0.1) is 0 Å². The van der Waals surface area contributed by atoms with E-state index in [1.807, 2.05) is 18.2 Å². The molecule has 1 rings (SSSR count). The van der Waals surface area contributed by atoms with Gasteiger partial charge in [-0.2, -0.15) is 0 Å². The first-order valence-corrected chi connectivity index (χ1v) is 5.47. The highest BCUT2D eigenvalue weighted by Crippen LogP contribution is 2.29. The number of rotatable bonds is 7. The minimum atomic E-state index is 0.742. The molecule has 0 amide bonds. The van der Waals surface area contributed by atoms with Crippen molar-refractivity contribution in [3.8, 4) is 11.5 Å². The SMILES string of the molecule is COc1ccc(NCCCCN)cc1OC. The maximum Gasteiger partial charge on any atom is 0.162 e. The monoisotopic (exact) mass is 224 g/mol. The van der Waals surface area contributed by atoms with Crippen LogP contribution in [-0.2, 0) is 0 Å². The van der Waals surface area contributed by atoms with Gasteiger partial charge in [-0.25, -0.2) is 0 Å². The molecule has 0 fully saturated rings. The normalized spacial score (nSPS) is 9.94. The molecule has 0 aliphatic rings. The molecular weight excluding hydrogens is 204 g/mol. The molecule has 0 heterocycles. The van der Waals surface area contributed by atoms with E-state index >= 15 is 0 Å². The van der Waals surface area contributed by atoms with E-state index in [0.717, 1.165) is 43.1 Å². The third-order valence-electron chi connectivity index (χ3n) is 2.34. The second-order valence-corrected chi connectivity index (χ2v) is 3.49. The van der Waals surface area contributed by atoms with E-state index < -0.39 is 0 Å². The van der Waals surface area contributed by atoms with Crippen LogP contribution in [0.5, 0.6) is 11.5 Å². The van der Waals surface area contributed by atoms with E-state index in [1.165, 1.54) is 0 Å². The van der Waals surface area contributed by atoms with Gasteiger partial charge in [-0.1, -0.05) is 0 Å². The molecule has 0 aliphatic carbocycles. The number of anilines is 1. The zero-order chi connectivity index (χ0) is 11.8. The van der Waals surface area contributed by atoms with Gasteiger partial charge >= 0.3 is 0 Å². The van der Waals surface area contributed by atoms with Crippen LogP contribution in [0.25, 0.3) is 0 Å². The molecule has 0 bridgehead atoms. The molecule has 0 saturated carbocycles. The second kappa shape index (κ2) is 6.95. The number of unbranched alkanes of at least 4 members (excludes halogenated alkanes) is 1. The highest BCUT2D eigenvalue weighted by atomic mass is 16.5. The number of hydrogen-bond acceptors (Lipinski definition) is 4. The Hall–Kier alpha value is -1.42. The minimum absolute atomic E-state index is 0.742. The molecular formula is C12H20N2O2. The van der Waals surface area contributed by atoms with Crippen molar-refractivity contribution in [2.24, 2.45) is 5.73 Å². The molecule has 0 radical (unpaired) electrons. The average Bonchev–Trinajstić information content (AvgIpc) is 2.34. The Bertz CT molecular complexity index is 316. The maximum atomic E-state index is 5.43. The topological polar surface area (TPSA) is 56.5 Å². The van der Waals surface area contributed by atoms with Crippen molar-refractivity contribution in [1.82, 2.24) is 0 Å². The van der Waals surface area contributed by atoms with E-state index in [0.29, 0.717) is 0 Å². The van der Waals surface area contributed by atoms with Gasteiger partial charge < -0.3 is 20.5 Å². The summed E-state index contributed by atoms with van der Waals surface area (Å²) in [6.07, 6.45) is 2.12. The molecule has 16 heavy (non-hydrogen) atoms. The molecule has 1 aromatic rings. The largest absolute Gasteiger partial charge is 0.493 e. The fourth-order valence-electron chi connectivity index (χ4n) is 1.45. The Kier molecular flexibility index (Phi) is 5.50. The summed E-state index contributed by atoms with van der Waals surface area (Å²) < 4.78 is 10.4. The maximum absolute atomic E-state index is 5.43. The third-order valence-corrected chi connectivity index (χ3v) is 2.34. The van der Waals surface area contributed by atoms with Crippen LogP contribution in [0.4, 0.5) is 5.69 Å². The quantitative estimate of drug-likeness (QED) is 0.694. The number of nitrogens with two attached hydrogens (primary N) is 1. The van der Waals surface area contributed by atoms with Gasteiger partial charge in [-0.3, -0.25) is 0 Å². The molecule has 90 valence electrons. The first-order valence-electron chi connectivity index (χ1n) is 5.47. The summed E-state index contributed by atoms with van der Waals surface area (Å²) in [6.45, 7) is 1.67. The molecule has 0 aromatic heterocycles. The Morgan fingerprint density at radius 2 is 1.88 bits per heavy atom.